The normalized spacial score (nSPS) is 16.7. The maximum atomic E-state index is 11.5. The number of aromatic carboxylic acids is 1. The Hall–Kier alpha value is -2.09. The van der Waals surface area contributed by atoms with Crippen molar-refractivity contribution in [2.24, 2.45) is 0 Å². The van der Waals surface area contributed by atoms with Crippen LogP contribution in [-0.2, 0) is 25.7 Å². The Kier molecular flexibility index (Phi) is 2.50. The molecule has 1 N–H and O–H groups in total. The van der Waals surface area contributed by atoms with E-state index in [2.05, 4.69) is 0 Å². The summed E-state index contributed by atoms with van der Waals surface area (Å²) in [4.78, 5) is 11.5. The molecule has 2 heteroatoms. The third-order valence-electron chi connectivity index (χ3n) is 3.94. The number of benzene rings is 2. The van der Waals surface area contributed by atoms with E-state index in [1.165, 1.54) is 0 Å². The van der Waals surface area contributed by atoms with Crippen molar-refractivity contribution in [3.05, 3.63) is 69.8 Å². The van der Waals surface area contributed by atoms with Gasteiger partial charge in [0.25, 0.3) is 0 Å². The number of carboxylic acids is 1. The van der Waals surface area contributed by atoms with Crippen LogP contribution in [0.3, 0.4) is 0 Å². The first-order valence-corrected chi connectivity index (χ1v) is 6.82. The largest absolute Gasteiger partial charge is 0.478 e. The van der Waals surface area contributed by atoms with Gasteiger partial charge in [0, 0.05) is 4.11 Å². The third-order valence-corrected chi connectivity index (χ3v) is 3.94. The van der Waals surface area contributed by atoms with Crippen molar-refractivity contribution in [2.75, 3.05) is 0 Å². The molecule has 0 spiro atoms. The number of hydrogen-bond donors (Lipinski definition) is 1. The average Bonchev–Trinajstić information content (AvgIpc) is 2.48. The first-order chi connectivity index (χ1) is 10.8. The van der Waals surface area contributed by atoms with Crippen LogP contribution in [0.2, 0.25) is 0 Å². The smallest absolute Gasteiger partial charge is 0.335 e. The van der Waals surface area contributed by atoms with Gasteiger partial charge in [0.05, 0.1) is 5.56 Å². The van der Waals surface area contributed by atoms with E-state index in [1.54, 1.807) is 12.1 Å². The Balaban J connectivity index is 2.08. The monoisotopic (exact) mass is 269 g/mol. The van der Waals surface area contributed by atoms with E-state index >= 15 is 0 Å². The molecule has 0 saturated heterocycles. The quantitative estimate of drug-likeness (QED) is 0.859. The average molecular weight is 269 g/mol. The second-order valence-corrected chi connectivity index (χ2v) is 5.29. The van der Waals surface area contributed by atoms with Gasteiger partial charge < -0.3 is 5.11 Å². The molecule has 4 aliphatic rings. The van der Waals surface area contributed by atoms with E-state index in [1.807, 2.05) is 24.3 Å². The molecule has 0 amide bonds. The van der Waals surface area contributed by atoms with Gasteiger partial charge in [-0.1, -0.05) is 30.3 Å². The predicted molar refractivity (Wildman–Crippen MR) is 79.4 cm³/mol. The molecule has 0 fully saturated rings. The van der Waals surface area contributed by atoms with Crippen molar-refractivity contribution in [1.82, 2.24) is 0 Å². The van der Waals surface area contributed by atoms with E-state index in [9.17, 15) is 9.90 Å². The van der Waals surface area contributed by atoms with E-state index in [4.69, 9.17) is 4.11 Å². The van der Waals surface area contributed by atoms with Crippen LogP contribution in [0.4, 0.5) is 0 Å². The summed E-state index contributed by atoms with van der Waals surface area (Å²) in [5.74, 6) is -0.927. The Bertz CT molecular complexity index is 763. The summed E-state index contributed by atoms with van der Waals surface area (Å²) in [5, 5.41) is 9.41. The fourth-order valence-corrected chi connectivity index (χ4v) is 2.75. The van der Waals surface area contributed by atoms with Crippen molar-refractivity contribution in [2.45, 2.75) is 32.5 Å². The number of carboxylic acid groups (broad SMARTS) is 1. The highest BCUT2D eigenvalue weighted by atomic mass is 16.4. The third kappa shape index (κ3) is 2.46. The van der Waals surface area contributed by atoms with Gasteiger partial charge in [0.2, 0.25) is 0 Å². The van der Waals surface area contributed by atoms with Gasteiger partial charge in [-0.3, -0.25) is 0 Å². The van der Waals surface area contributed by atoms with Crippen LogP contribution in [0.1, 0.15) is 42.3 Å². The molecular formula is C18H18O2. The minimum atomic E-state index is -2.15. The summed E-state index contributed by atoms with van der Waals surface area (Å²) < 4.78 is 23.3. The predicted octanol–water partition coefficient (Wildman–Crippen LogP) is 3.58. The fourth-order valence-electron chi connectivity index (χ4n) is 2.75. The van der Waals surface area contributed by atoms with Crippen LogP contribution < -0.4 is 0 Å². The second kappa shape index (κ2) is 5.12. The highest BCUT2D eigenvalue weighted by Gasteiger charge is 2.13. The van der Waals surface area contributed by atoms with E-state index in [-0.39, 0.29) is 0 Å². The van der Waals surface area contributed by atoms with Crippen molar-refractivity contribution >= 4 is 5.97 Å². The van der Waals surface area contributed by atoms with E-state index in [0.717, 1.165) is 22.3 Å². The van der Waals surface area contributed by atoms with Gasteiger partial charge in [-0.15, -0.1) is 0 Å². The highest BCUT2D eigenvalue weighted by Crippen LogP contribution is 2.21. The first-order valence-electron chi connectivity index (χ1n) is 8.32. The molecule has 102 valence electrons. The van der Waals surface area contributed by atoms with E-state index < -0.39 is 12.8 Å². The zero-order chi connectivity index (χ0) is 16.6. The molecule has 0 heterocycles. The lowest BCUT2D eigenvalue weighted by molar-refractivity contribution is 0.0695. The fraction of sp³-hybridized carbons (Fsp3) is 0.278. The molecule has 0 saturated carbocycles. The van der Waals surface area contributed by atoms with E-state index in [0.29, 0.717) is 36.8 Å². The van der Waals surface area contributed by atoms with Gasteiger partial charge in [0.1, 0.15) is 0 Å². The Morgan fingerprint density at radius 2 is 1.65 bits per heavy atom. The molecule has 4 aliphatic carbocycles. The molecule has 4 bridgehead atoms. The molecular weight excluding hydrogens is 248 g/mol. The molecule has 20 heavy (non-hydrogen) atoms. The van der Waals surface area contributed by atoms with Gasteiger partial charge in [-0.05, 0) is 66.4 Å². The van der Waals surface area contributed by atoms with Crippen molar-refractivity contribution in [3.8, 4) is 0 Å². The van der Waals surface area contributed by atoms with Crippen LogP contribution in [0.15, 0.2) is 36.4 Å². The summed E-state index contributed by atoms with van der Waals surface area (Å²) >= 11 is 0. The zero-order valence-corrected chi connectivity index (χ0v) is 11.1. The number of carbonyl (C=O) groups is 1. The van der Waals surface area contributed by atoms with Crippen molar-refractivity contribution in [1.29, 1.82) is 0 Å². The molecule has 2 aromatic carbocycles. The summed E-state index contributed by atoms with van der Waals surface area (Å²) in [5.41, 5.74) is 4.18. The second-order valence-electron chi connectivity index (χ2n) is 5.29. The Morgan fingerprint density at radius 1 is 1.00 bits per heavy atom. The van der Waals surface area contributed by atoms with Gasteiger partial charge in [0.15, 0.2) is 0 Å². The minimum absolute atomic E-state index is 0.327. The van der Waals surface area contributed by atoms with Crippen LogP contribution in [-0.4, -0.2) is 11.1 Å². The Morgan fingerprint density at radius 3 is 2.35 bits per heavy atom. The number of rotatable bonds is 1. The molecule has 2 nitrogen and oxygen atoms in total. The van der Waals surface area contributed by atoms with Gasteiger partial charge in [-0.25, -0.2) is 4.79 Å². The number of hydrogen-bond acceptors (Lipinski definition) is 1. The van der Waals surface area contributed by atoms with Crippen LogP contribution >= 0.6 is 0 Å². The topological polar surface area (TPSA) is 37.3 Å². The minimum Gasteiger partial charge on any atom is -0.478 e. The molecule has 0 aromatic heterocycles. The molecule has 6 rings (SSSR count). The highest BCUT2D eigenvalue weighted by molar-refractivity contribution is 5.89. The molecule has 0 unspecified atom stereocenters. The van der Waals surface area contributed by atoms with Crippen LogP contribution in [0, 0.1) is 6.85 Å². The lowest BCUT2D eigenvalue weighted by atomic mass is 9.91. The molecule has 0 atom stereocenters. The van der Waals surface area contributed by atoms with Crippen LogP contribution in [0.5, 0.6) is 0 Å². The Labute approximate surface area is 123 Å². The van der Waals surface area contributed by atoms with Crippen molar-refractivity contribution < 1.29 is 14.0 Å². The zero-order valence-electron chi connectivity index (χ0n) is 14.1. The van der Waals surface area contributed by atoms with Gasteiger partial charge in [-0.2, -0.15) is 0 Å². The lowest BCUT2D eigenvalue weighted by Crippen LogP contribution is -2.07. The molecule has 0 radical (unpaired) electrons. The summed E-state index contributed by atoms with van der Waals surface area (Å²) in [6, 6.07) is 11.2. The maximum Gasteiger partial charge on any atom is 0.335 e. The SMILES string of the molecule is [2H]C([2H])([2H])c1cc2ccc1CCc1ccc(cc1C(=O)O)CC2. The molecule has 0 aliphatic heterocycles. The summed E-state index contributed by atoms with van der Waals surface area (Å²) in [7, 11) is 0. The summed E-state index contributed by atoms with van der Waals surface area (Å²) in [6.07, 6.45) is 2.43. The lowest BCUT2D eigenvalue weighted by Gasteiger charge is -2.14. The maximum absolute atomic E-state index is 11.5. The van der Waals surface area contributed by atoms with Crippen molar-refractivity contribution in [3.63, 3.8) is 0 Å². The summed E-state index contributed by atoms with van der Waals surface area (Å²) in [6.45, 7) is -2.15. The van der Waals surface area contributed by atoms with Gasteiger partial charge >= 0.3 is 5.97 Å². The van der Waals surface area contributed by atoms with Crippen LogP contribution in [0.25, 0.3) is 0 Å². The number of aryl methyl sites for hydroxylation is 5. The first kappa shape index (κ1) is 9.76. The molecule has 2 aromatic rings. The standard InChI is InChI=1S/C18H18O2/c1-12-10-13-2-3-14-5-7-16(17(11-14)18(19)20)9-8-15(12)6-4-13/h4-7,10-11H,2-3,8-9H2,1H3,(H,19,20)/i1D3.